The van der Waals surface area contributed by atoms with Crippen molar-refractivity contribution in [2.75, 3.05) is 0 Å². The fourth-order valence-corrected chi connectivity index (χ4v) is 3.58. The molecule has 0 spiro atoms. The van der Waals surface area contributed by atoms with Crippen molar-refractivity contribution in [2.24, 2.45) is 5.92 Å². The molecule has 8 nitrogen and oxygen atoms in total. The van der Waals surface area contributed by atoms with E-state index in [1.165, 1.54) is 0 Å². The Morgan fingerprint density at radius 2 is 1.86 bits per heavy atom. The molecule has 2 atom stereocenters. The Bertz CT molecular complexity index is 888. The van der Waals surface area contributed by atoms with Crippen LogP contribution in [0.15, 0.2) is 40.0 Å². The first-order chi connectivity index (χ1) is 13.0. The molecule has 1 aromatic heterocycles. The molecule has 0 fully saturated rings. The number of alkyl carbamates (subject to hydrolysis) is 1. The average molecular weight is 410 g/mol. The molecule has 0 saturated carbocycles. The first-order valence-corrected chi connectivity index (χ1v) is 10.8. The van der Waals surface area contributed by atoms with Gasteiger partial charge in [-0.1, -0.05) is 55.7 Å². The minimum atomic E-state index is -3.80. The summed E-state index contributed by atoms with van der Waals surface area (Å²) < 4.78 is 35.9. The van der Waals surface area contributed by atoms with Gasteiger partial charge in [0.2, 0.25) is 15.7 Å². The lowest BCUT2D eigenvalue weighted by molar-refractivity contribution is 0.0473. The predicted octanol–water partition coefficient (Wildman–Crippen LogP) is 3.66. The molecule has 2 rings (SSSR count). The van der Waals surface area contributed by atoms with E-state index >= 15 is 0 Å². The van der Waals surface area contributed by atoms with Crippen LogP contribution in [0.25, 0.3) is 0 Å². The molecule has 0 aliphatic heterocycles. The number of sulfone groups is 1. The van der Waals surface area contributed by atoms with Crippen LogP contribution in [0, 0.1) is 5.92 Å². The van der Waals surface area contributed by atoms with Gasteiger partial charge in [0.15, 0.2) is 0 Å². The van der Waals surface area contributed by atoms with Gasteiger partial charge in [-0.15, -0.1) is 5.10 Å². The van der Waals surface area contributed by atoms with Gasteiger partial charge < -0.3 is 14.5 Å². The first kappa shape index (κ1) is 21.9. The van der Waals surface area contributed by atoms with E-state index in [1.54, 1.807) is 51.1 Å². The van der Waals surface area contributed by atoms with Crippen LogP contribution in [0.2, 0.25) is 0 Å². The van der Waals surface area contributed by atoms with Crippen LogP contribution >= 0.6 is 0 Å². The summed E-state index contributed by atoms with van der Waals surface area (Å²) in [5.74, 6) is -0.285. The maximum atomic E-state index is 12.6. The Labute approximate surface area is 165 Å². The molecule has 9 heteroatoms. The maximum absolute atomic E-state index is 12.6. The summed E-state index contributed by atoms with van der Waals surface area (Å²) in [6.07, 6.45) is 0.0688. The number of rotatable bonds is 7. The fourth-order valence-electron chi connectivity index (χ4n) is 2.44. The van der Waals surface area contributed by atoms with E-state index in [0.29, 0.717) is 12.0 Å². The van der Waals surface area contributed by atoms with Gasteiger partial charge in [-0.2, -0.15) is 0 Å². The van der Waals surface area contributed by atoms with E-state index in [4.69, 9.17) is 9.15 Å². The number of carbonyl (C=O) groups excluding carboxylic acids is 1. The first-order valence-electron chi connectivity index (χ1n) is 9.11. The van der Waals surface area contributed by atoms with E-state index in [-0.39, 0.29) is 17.6 Å². The van der Waals surface area contributed by atoms with Gasteiger partial charge in [-0.25, -0.2) is 13.2 Å². The molecule has 0 saturated heterocycles. The maximum Gasteiger partial charge on any atom is 0.408 e. The molecule has 154 valence electrons. The van der Waals surface area contributed by atoms with Crippen molar-refractivity contribution in [2.45, 2.75) is 63.7 Å². The summed E-state index contributed by atoms with van der Waals surface area (Å²) >= 11 is 0. The summed E-state index contributed by atoms with van der Waals surface area (Å²) in [6.45, 7) is 9.10. The Hall–Kier alpha value is -2.42. The van der Waals surface area contributed by atoms with Gasteiger partial charge >= 0.3 is 11.3 Å². The van der Waals surface area contributed by atoms with E-state index in [0.717, 1.165) is 0 Å². The Morgan fingerprint density at radius 3 is 2.43 bits per heavy atom. The van der Waals surface area contributed by atoms with E-state index in [9.17, 15) is 13.2 Å². The smallest absolute Gasteiger partial charge is 0.408 e. The second-order valence-electron chi connectivity index (χ2n) is 7.66. The lowest BCUT2D eigenvalue weighted by atomic mass is 9.99. The monoisotopic (exact) mass is 409 g/mol. The SMILES string of the molecule is CC[C@@H](C)[C@@H](NC(=O)OC(C)(C)C)c1nnc(S(=O)(=O)Cc2ccccc2)o1. The lowest BCUT2D eigenvalue weighted by Gasteiger charge is -2.24. The second-order valence-corrected chi connectivity index (χ2v) is 9.53. The van der Waals surface area contributed by atoms with Crippen molar-refractivity contribution in [3.8, 4) is 0 Å². The number of carbonyl (C=O) groups is 1. The molecule has 2 aromatic rings. The van der Waals surface area contributed by atoms with E-state index < -0.39 is 32.8 Å². The number of ether oxygens (including phenoxy) is 1. The molecule has 1 amide bonds. The van der Waals surface area contributed by atoms with Crippen molar-refractivity contribution in [1.82, 2.24) is 15.5 Å². The number of hydrogen-bond acceptors (Lipinski definition) is 7. The van der Waals surface area contributed by atoms with Crippen LogP contribution in [-0.4, -0.2) is 30.3 Å². The summed E-state index contributed by atoms with van der Waals surface area (Å²) in [7, 11) is -3.80. The zero-order chi connectivity index (χ0) is 20.9. The van der Waals surface area contributed by atoms with Crippen LogP contribution in [0.3, 0.4) is 0 Å². The zero-order valence-electron chi connectivity index (χ0n) is 16.8. The van der Waals surface area contributed by atoms with Crippen LogP contribution in [0.4, 0.5) is 4.79 Å². The minimum Gasteiger partial charge on any atom is -0.444 e. The molecule has 1 N–H and O–H groups in total. The summed E-state index contributed by atoms with van der Waals surface area (Å²) in [5, 5.41) is 9.82. The van der Waals surface area contributed by atoms with Crippen LogP contribution in [0.1, 0.15) is 58.5 Å². The van der Waals surface area contributed by atoms with Crippen LogP contribution in [-0.2, 0) is 20.3 Å². The number of benzene rings is 1. The molecule has 28 heavy (non-hydrogen) atoms. The molecule has 0 unspecified atom stereocenters. The van der Waals surface area contributed by atoms with Crippen molar-refractivity contribution in [3.63, 3.8) is 0 Å². The molecule has 0 aliphatic rings. The minimum absolute atomic E-state index is 0.0341. The second kappa shape index (κ2) is 8.72. The average Bonchev–Trinajstić information content (AvgIpc) is 3.09. The zero-order valence-corrected chi connectivity index (χ0v) is 17.6. The highest BCUT2D eigenvalue weighted by Crippen LogP contribution is 2.26. The summed E-state index contributed by atoms with van der Waals surface area (Å²) in [4.78, 5) is 12.2. The van der Waals surface area contributed by atoms with Crippen molar-refractivity contribution < 1.29 is 22.4 Å². The highest BCUT2D eigenvalue weighted by atomic mass is 32.2. The van der Waals surface area contributed by atoms with Crippen LogP contribution < -0.4 is 5.32 Å². The Kier molecular flexibility index (Phi) is 6.82. The van der Waals surface area contributed by atoms with Crippen LogP contribution in [0.5, 0.6) is 0 Å². The van der Waals surface area contributed by atoms with Gasteiger partial charge in [-0.05, 0) is 32.3 Å². The van der Waals surface area contributed by atoms with Crippen molar-refractivity contribution in [1.29, 1.82) is 0 Å². The number of amides is 1. The molecular formula is C19H27N3O5S. The van der Waals surface area contributed by atoms with Crippen molar-refractivity contribution in [3.05, 3.63) is 41.8 Å². The Balaban J connectivity index is 2.22. The topological polar surface area (TPSA) is 111 Å². The third-order valence-corrected chi connectivity index (χ3v) is 5.45. The quantitative estimate of drug-likeness (QED) is 0.743. The lowest BCUT2D eigenvalue weighted by Crippen LogP contribution is -2.37. The summed E-state index contributed by atoms with van der Waals surface area (Å²) in [5.41, 5.74) is -0.0454. The Morgan fingerprint density at radius 1 is 1.21 bits per heavy atom. The molecule has 1 heterocycles. The standard InChI is InChI=1S/C19H27N3O5S/c1-6-13(2)15(20-17(23)27-19(3,4)5)16-21-22-18(26-16)28(24,25)12-14-10-8-7-9-11-14/h7-11,13,15H,6,12H2,1-5H3,(H,20,23)/t13-,15-/m1/s1. The number of nitrogens with one attached hydrogen (secondary N) is 1. The number of hydrogen-bond donors (Lipinski definition) is 1. The number of nitrogens with zero attached hydrogens (tertiary/aromatic N) is 2. The number of aromatic nitrogens is 2. The molecule has 1 aromatic carbocycles. The molecular weight excluding hydrogens is 382 g/mol. The van der Waals surface area contributed by atoms with Crippen molar-refractivity contribution >= 4 is 15.9 Å². The highest BCUT2D eigenvalue weighted by Gasteiger charge is 2.31. The normalized spacial score (nSPS) is 14.3. The van der Waals surface area contributed by atoms with Gasteiger partial charge in [-0.3, -0.25) is 0 Å². The third-order valence-electron chi connectivity index (χ3n) is 4.04. The van der Waals surface area contributed by atoms with Gasteiger partial charge in [0.25, 0.3) is 0 Å². The summed E-state index contributed by atoms with van der Waals surface area (Å²) in [6, 6.07) is 8.08. The predicted molar refractivity (Wildman–Crippen MR) is 103 cm³/mol. The third kappa shape index (κ3) is 6.05. The van der Waals surface area contributed by atoms with Gasteiger partial charge in [0, 0.05) is 0 Å². The highest BCUT2D eigenvalue weighted by molar-refractivity contribution is 7.90. The van der Waals surface area contributed by atoms with E-state index in [1.807, 2.05) is 13.8 Å². The van der Waals surface area contributed by atoms with E-state index in [2.05, 4.69) is 15.5 Å². The van der Waals surface area contributed by atoms with Gasteiger partial charge in [0.05, 0.1) is 5.75 Å². The fraction of sp³-hybridized carbons (Fsp3) is 0.526. The largest absolute Gasteiger partial charge is 0.444 e. The van der Waals surface area contributed by atoms with Gasteiger partial charge in [0.1, 0.15) is 11.6 Å². The molecule has 0 radical (unpaired) electrons. The molecule has 0 bridgehead atoms. The molecule has 0 aliphatic carbocycles.